The fourth-order valence-electron chi connectivity index (χ4n) is 3.88. The van der Waals surface area contributed by atoms with Crippen LogP contribution in [0.15, 0.2) is 24.5 Å². The van der Waals surface area contributed by atoms with Crippen molar-refractivity contribution in [2.45, 2.75) is 56.0 Å². The van der Waals surface area contributed by atoms with E-state index in [1.54, 1.807) is 16.7 Å². The van der Waals surface area contributed by atoms with Crippen molar-refractivity contribution >= 4 is 15.9 Å². The summed E-state index contributed by atoms with van der Waals surface area (Å²) in [5.74, 6) is 0.126. The molecule has 6 nitrogen and oxygen atoms in total. The SMILES string of the molecule is O=C1CC[C@H]2[C@H](CCN2S(=O)(=O)C2CC2)N1Cc1cccnc1. The average Bonchev–Trinajstić information content (AvgIpc) is 3.31. The maximum atomic E-state index is 12.6. The highest BCUT2D eigenvalue weighted by Gasteiger charge is 2.51. The number of carbonyl (C=O) groups excluding carboxylic acids is 1. The second kappa shape index (κ2) is 5.56. The Hall–Kier alpha value is -1.47. The average molecular weight is 335 g/mol. The molecule has 0 N–H and O–H groups in total. The molecule has 4 rings (SSSR count). The van der Waals surface area contributed by atoms with E-state index < -0.39 is 10.0 Å². The van der Waals surface area contributed by atoms with Crippen LogP contribution in [0, 0.1) is 0 Å². The molecule has 1 aliphatic carbocycles. The third-order valence-corrected chi connectivity index (χ3v) is 7.60. The van der Waals surface area contributed by atoms with E-state index in [0.717, 1.165) is 24.8 Å². The minimum absolute atomic E-state index is 0.00461. The number of amides is 1. The Labute approximate surface area is 136 Å². The summed E-state index contributed by atoms with van der Waals surface area (Å²) in [4.78, 5) is 18.4. The van der Waals surface area contributed by atoms with Gasteiger partial charge >= 0.3 is 0 Å². The van der Waals surface area contributed by atoms with Crippen molar-refractivity contribution in [3.63, 3.8) is 0 Å². The van der Waals surface area contributed by atoms with Crippen molar-refractivity contribution in [2.75, 3.05) is 6.54 Å². The maximum Gasteiger partial charge on any atom is 0.223 e. The molecule has 3 aliphatic rings. The number of piperidine rings is 1. The second-order valence-electron chi connectivity index (χ2n) is 6.70. The highest BCUT2D eigenvalue weighted by molar-refractivity contribution is 7.90. The van der Waals surface area contributed by atoms with Crippen molar-refractivity contribution < 1.29 is 13.2 Å². The Bertz CT molecular complexity index is 703. The van der Waals surface area contributed by atoms with Crippen LogP contribution in [0.1, 0.15) is 37.7 Å². The van der Waals surface area contributed by atoms with Gasteiger partial charge in [0.05, 0.1) is 5.25 Å². The molecule has 3 heterocycles. The first kappa shape index (κ1) is 15.1. The van der Waals surface area contributed by atoms with Gasteiger partial charge in [-0.15, -0.1) is 0 Å². The third kappa shape index (κ3) is 2.65. The van der Waals surface area contributed by atoms with Crippen LogP contribution < -0.4 is 0 Å². The van der Waals surface area contributed by atoms with E-state index in [-0.39, 0.29) is 23.2 Å². The lowest BCUT2D eigenvalue weighted by Gasteiger charge is -2.39. The first-order valence-electron chi connectivity index (χ1n) is 8.26. The Morgan fingerprint density at radius 3 is 2.70 bits per heavy atom. The lowest BCUT2D eigenvalue weighted by molar-refractivity contribution is -0.138. The van der Waals surface area contributed by atoms with E-state index in [0.29, 0.717) is 25.9 Å². The number of carbonyl (C=O) groups is 1. The second-order valence-corrected chi connectivity index (χ2v) is 8.87. The summed E-state index contributed by atoms with van der Waals surface area (Å²) in [5, 5.41) is -0.175. The van der Waals surface area contributed by atoms with Crippen molar-refractivity contribution in [1.82, 2.24) is 14.2 Å². The number of hydrogen-bond acceptors (Lipinski definition) is 4. The predicted molar refractivity (Wildman–Crippen MR) is 84.9 cm³/mol. The summed E-state index contributed by atoms with van der Waals surface area (Å²) in [6.07, 6.45) is 6.87. The molecule has 1 saturated carbocycles. The number of rotatable bonds is 4. The van der Waals surface area contributed by atoms with E-state index in [9.17, 15) is 13.2 Å². The largest absolute Gasteiger partial charge is 0.334 e. The summed E-state index contributed by atoms with van der Waals surface area (Å²) in [6, 6.07) is 3.78. The van der Waals surface area contributed by atoms with Gasteiger partial charge in [0.25, 0.3) is 0 Å². The molecule has 0 aromatic carbocycles. The van der Waals surface area contributed by atoms with Crippen molar-refractivity contribution in [2.24, 2.45) is 0 Å². The third-order valence-electron chi connectivity index (χ3n) is 5.18. The topological polar surface area (TPSA) is 70.6 Å². The Morgan fingerprint density at radius 1 is 1.17 bits per heavy atom. The summed E-state index contributed by atoms with van der Waals surface area (Å²) in [6.45, 7) is 1.07. The normalized spacial score (nSPS) is 28.9. The van der Waals surface area contributed by atoms with E-state index in [4.69, 9.17) is 0 Å². The van der Waals surface area contributed by atoms with E-state index >= 15 is 0 Å². The number of hydrogen-bond donors (Lipinski definition) is 0. The molecule has 3 fully saturated rings. The molecule has 2 saturated heterocycles. The number of nitrogens with zero attached hydrogens (tertiary/aromatic N) is 3. The van der Waals surface area contributed by atoms with Crippen molar-refractivity contribution in [3.8, 4) is 0 Å². The minimum atomic E-state index is -3.17. The fourth-order valence-corrected chi connectivity index (χ4v) is 5.97. The molecule has 124 valence electrons. The first-order valence-corrected chi connectivity index (χ1v) is 9.77. The summed E-state index contributed by atoms with van der Waals surface area (Å²) in [7, 11) is -3.17. The zero-order valence-corrected chi connectivity index (χ0v) is 13.8. The molecular formula is C16H21N3O3S. The molecule has 23 heavy (non-hydrogen) atoms. The standard InChI is InChI=1S/C16H21N3O3S/c20-16-6-5-15-14(18(16)11-12-2-1-8-17-10-12)7-9-19(15)23(21,22)13-3-4-13/h1-2,8,10,13-15H,3-7,9,11H2/t14-,15-/m0/s1. The van der Waals surface area contributed by atoms with Crippen LogP contribution in [0.3, 0.4) is 0 Å². The molecule has 1 aromatic heterocycles. The Morgan fingerprint density at radius 2 is 2.00 bits per heavy atom. The van der Waals surface area contributed by atoms with Gasteiger partial charge in [0.15, 0.2) is 0 Å². The molecule has 2 aliphatic heterocycles. The van der Waals surface area contributed by atoms with E-state index in [1.807, 2.05) is 17.0 Å². The summed E-state index contributed by atoms with van der Waals surface area (Å²) in [5.41, 5.74) is 0.991. The molecule has 0 spiro atoms. The van der Waals surface area contributed by atoms with Gasteiger partial charge in [-0.3, -0.25) is 9.78 Å². The Balaban J connectivity index is 1.56. The maximum absolute atomic E-state index is 12.6. The Kier molecular flexibility index (Phi) is 3.65. The zero-order valence-electron chi connectivity index (χ0n) is 13.0. The highest BCUT2D eigenvalue weighted by atomic mass is 32.2. The molecule has 2 atom stereocenters. The van der Waals surface area contributed by atoms with Gasteiger partial charge in [-0.05, 0) is 37.3 Å². The number of sulfonamides is 1. The van der Waals surface area contributed by atoms with Gasteiger partial charge in [0.1, 0.15) is 0 Å². The smallest absolute Gasteiger partial charge is 0.223 e. The van der Waals surface area contributed by atoms with Gasteiger partial charge in [0.2, 0.25) is 15.9 Å². The lowest BCUT2D eigenvalue weighted by Crippen LogP contribution is -2.53. The minimum Gasteiger partial charge on any atom is -0.334 e. The van der Waals surface area contributed by atoms with Crippen LogP contribution in [-0.4, -0.2) is 52.4 Å². The quantitative estimate of drug-likeness (QED) is 0.827. The first-order chi connectivity index (χ1) is 11.1. The number of pyridine rings is 1. The number of fused-ring (bicyclic) bond motifs is 1. The van der Waals surface area contributed by atoms with Crippen LogP contribution in [-0.2, 0) is 21.4 Å². The number of aromatic nitrogens is 1. The monoisotopic (exact) mass is 335 g/mol. The predicted octanol–water partition coefficient (Wildman–Crippen LogP) is 1.14. The molecule has 0 bridgehead atoms. The van der Waals surface area contributed by atoms with Crippen LogP contribution in [0.2, 0.25) is 0 Å². The van der Waals surface area contributed by atoms with Gasteiger partial charge in [-0.25, -0.2) is 8.42 Å². The number of likely N-dealkylation sites (tertiary alicyclic amines) is 1. The molecule has 1 amide bonds. The van der Waals surface area contributed by atoms with Crippen LogP contribution >= 0.6 is 0 Å². The molecule has 0 unspecified atom stereocenters. The van der Waals surface area contributed by atoms with Gasteiger partial charge in [-0.1, -0.05) is 6.07 Å². The molecular weight excluding hydrogens is 314 g/mol. The zero-order chi connectivity index (χ0) is 16.0. The van der Waals surface area contributed by atoms with E-state index in [2.05, 4.69) is 4.98 Å². The van der Waals surface area contributed by atoms with Crippen molar-refractivity contribution in [3.05, 3.63) is 30.1 Å². The van der Waals surface area contributed by atoms with Crippen LogP contribution in [0.5, 0.6) is 0 Å². The van der Waals surface area contributed by atoms with Crippen LogP contribution in [0.25, 0.3) is 0 Å². The lowest BCUT2D eigenvalue weighted by atomic mass is 9.96. The molecule has 7 heteroatoms. The molecule has 1 aromatic rings. The van der Waals surface area contributed by atoms with Gasteiger partial charge in [0, 0.05) is 44.0 Å². The van der Waals surface area contributed by atoms with Crippen molar-refractivity contribution in [1.29, 1.82) is 0 Å². The van der Waals surface area contributed by atoms with E-state index in [1.165, 1.54) is 0 Å². The fraction of sp³-hybridized carbons (Fsp3) is 0.625. The summed E-state index contributed by atoms with van der Waals surface area (Å²) < 4.78 is 26.9. The van der Waals surface area contributed by atoms with Gasteiger partial charge in [-0.2, -0.15) is 4.31 Å². The molecule has 0 radical (unpaired) electrons. The summed E-state index contributed by atoms with van der Waals surface area (Å²) >= 11 is 0. The highest BCUT2D eigenvalue weighted by Crippen LogP contribution is 2.39. The van der Waals surface area contributed by atoms with Gasteiger partial charge < -0.3 is 4.90 Å². The van der Waals surface area contributed by atoms with Crippen LogP contribution in [0.4, 0.5) is 0 Å².